The Morgan fingerprint density at radius 1 is 1.08 bits per heavy atom. The summed E-state index contributed by atoms with van der Waals surface area (Å²) < 4.78 is 7.48. The summed E-state index contributed by atoms with van der Waals surface area (Å²) in [7, 11) is 0. The van der Waals surface area contributed by atoms with Crippen molar-refractivity contribution in [3.8, 4) is 5.75 Å². The van der Waals surface area contributed by atoms with Crippen molar-refractivity contribution in [1.82, 2.24) is 9.97 Å². The Morgan fingerprint density at radius 3 is 2.88 bits per heavy atom. The number of carbonyl (C=O) groups excluding carboxylic acids is 1. The predicted molar refractivity (Wildman–Crippen MR) is 97.7 cm³/mol. The molecule has 0 saturated carbocycles. The van der Waals surface area contributed by atoms with E-state index >= 15 is 0 Å². The van der Waals surface area contributed by atoms with Crippen molar-refractivity contribution in [2.45, 2.75) is 4.34 Å². The Bertz CT molecular complexity index is 991. The number of benzene rings is 2. The molecule has 2 aromatic carbocycles. The van der Waals surface area contributed by atoms with Gasteiger partial charge in [0.05, 0.1) is 10.2 Å². The molecule has 0 bridgehead atoms. The maximum absolute atomic E-state index is 12.2. The van der Waals surface area contributed by atoms with E-state index in [4.69, 9.17) is 4.74 Å². The molecule has 0 aliphatic carbocycles. The van der Waals surface area contributed by atoms with Gasteiger partial charge in [-0.15, -0.1) is 11.3 Å². The number of hydrogen-bond acceptors (Lipinski definition) is 6. The van der Waals surface area contributed by atoms with E-state index in [1.54, 1.807) is 6.20 Å². The second kappa shape index (κ2) is 6.59. The summed E-state index contributed by atoms with van der Waals surface area (Å²) in [5.41, 5.74) is 1.68. The third-order valence-corrected chi connectivity index (χ3v) is 5.36. The van der Waals surface area contributed by atoms with Gasteiger partial charge in [0.25, 0.3) is 0 Å². The van der Waals surface area contributed by atoms with Crippen LogP contribution in [0.25, 0.3) is 21.1 Å². The summed E-state index contributed by atoms with van der Waals surface area (Å²) in [5, 5.41) is 0.906. The van der Waals surface area contributed by atoms with Crippen molar-refractivity contribution < 1.29 is 9.53 Å². The summed E-state index contributed by atoms with van der Waals surface area (Å²) in [6.45, 7) is -0.0176. The van der Waals surface area contributed by atoms with Gasteiger partial charge < -0.3 is 4.74 Å². The third kappa shape index (κ3) is 3.11. The predicted octanol–water partition coefficient (Wildman–Crippen LogP) is 4.54. The van der Waals surface area contributed by atoms with E-state index in [1.807, 2.05) is 54.6 Å². The molecule has 0 unspecified atom stereocenters. The number of thioether (sulfide) groups is 1. The number of pyridine rings is 1. The molecule has 4 nitrogen and oxygen atoms in total. The largest absolute Gasteiger partial charge is 0.483 e. The van der Waals surface area contributed by atoms with Crippen LogP contribution in [-0.4, -0.2) is 21.7 Å². The Labute approximate surface area is 146 Å². The molecule has 0 fully saturated rings. The van der Waals surface area contributed by atoms with Crippen molar-refractivity contribution in [1.29, 1.82) is 0 Å². The van der Waals surface area contributed by atoms with Gasteiger partial charge in [-0.1, -0.05) is 30.3 Å². The average Bonchev–Trinajstić information content (AvgIpc) is 3.02. The van der Waals surface area contributed by atoms with Crippen LogP contribution in [0.3, 0.4) is 0 Å². The number of nitrogens with zero attached hydrogens (tertiary/aromatic N) is 2. The minimum atomic E-state index is -0.0815. The molecule has 4 rings (SSSR count). The number of thiazole rings is 1. The molecule has 6 heteroatoms. The van der Waals surface area contributed by atoms with Gasteiger partial charge in [0, 0.05) is 11.6 Å². The smallest absolute Gasteiger partial charge is 0.233 e. The topological polar surface area (TPSA) is 52.1 Å². The van der Waals surface area contributed by atoms with E-state index in [2.05, 4.69) is 9.97 Å². The maximum Gasteiger partial charge on any atom is 0.233 e. The number of rotatable bonds is 4. The maximum atomic E-state index is 12.2. The molecule has 4 aromatic rings. The summed E-state index contributed by atoms with van der Waals surface area (Å²) in [6, 6.07) is 17.4. The third-order valence-electron chi connectivity index (χ3n) is 3.42. The van der Waals surface area contributed by atoms with E-state index in [-0.39, 0.29) is 11.7 Å². The fraction of sp³-hybridized carbons (Fsp3) is 0.0556. The number of para-hydroxylation sites is 2. The highest BCUT2D eigenvalue weighted by Gasteiger charge is 2.12. The van der Waals surface area contributed by atoms with Gasteiger partial charge in [0.15, 0.2) is 10.9 Å². The number of fused-ring (bicyclic) bond motifs is 2. The normalized spacial score (nSPS) is 11.0. The minimum Gasteiger partial charge on any atom is -0.483 e. The lowest BCUT2D eigenvalue weighted by Crippen LogP contribution is -2.07. The van der Waals surface area contributed by atoms with Crippen LogP contribution in [0.1, 0.15) is 0 Å². The van der Waals surface area contributed by atoms with Crippen molar-refractivity contribution in [2.24, 2.45) is 0 Å². The Balaban J connectivity index is 1.46. The summed E-state index contributed by atoms with van der Waals surface area (Å²) in [6.07, 6.45) is 1.72. The SMILES string of the molecule is O=C(COc1cccc2cccnc12)Sc1nc2ccccc2s1. The lowest BCUT2D eigenvalue weighted by molar-refractivity contribution is -0.112. The summed E-state index contributed by atoms with van der Waals surface area (Å²) in [4.78, 5) is 21.0. The molecule has 0 aliphatic heterocycles. The highest BCUT2D eigenvalue weighted by atomic mass is 32.2. The molecule has 2 heterocycles. The molecular weight excluding hydrogens is 340 g/mol. The molecule has 0 radical (unpaired) electrons. The molecule has 0 N–H and O–H groups in total. The van der Waals surface area contributed by atoms with Crippen LogP contribution < -0.4 is 4.74 Å². The van der Waals surface area contributed by atoms with Gasteiger partial charge in [0.1, 0.15) is 11.3 Å². The fourth-order valence-corrected chi connectivity index (χ4v) is 4.22. The lowest BCUT2D eigenvalue weighted by Gasteiger charge is -2.07. The molecular formula is C18H12N2O2S2. The van der Waals surface area contributed by atoms with Crippen LogP contribution in [0.2, 0.25) is 0 Å². The fourth-order valence-electron chi connectivity index (χ4n) is 2.35. The molecule has 0 saturated heterocycles. The number of ether oxygens (including phenoxy) is 1. The zero-order chi connectivity index (χ0) is 16.4. The van der Waals surface area contributed by atoms with Crippen LogP contribution >= 0.6 is 23.1 Å². The van der Waals surface area contributed by atoms with Crippen LogP contribution in [0, 0.1) is 0 Å². The zero-order valence-electron chi connectivity index (χ0n) is 12.5. The van der Waals surface area contributed by atoms with E-state index in [1.165, 1.54) is 11.3 Å². The first-order valence-corrected chi connectivity index (χ1v) is 8.96. The Hall–Kier alpha value is -2.44. The molecule has 0 aliphatic rings. The molecule has 2 aromatic heterocycles. The highest BCUT2D eigenvalue weighted by Crippen LogP contribution is 2.30. The van der Waals surface area contributed by atoms with Gasteiger partial charge in [-0.2, -0.15) is 0 Å². The molecule has 0 atom stereocenters. The summed E-state index contributed by atoms with van der Waals surface area (Å²) >= 11 is 2.63. The zero-order valence-corrected chi connectivity index (χ0v) is 14.1. The molecule has 24 heavy (non-hydrogen) atoms. The number of carbonyl (C=O) groups is 1. The van der Waals surface area contributed by atoms with Crippen LogP contribution in [0.4, 0.5) is 0 Å². The average molecular weight is 352 g/mol. The quantitative estimate of drug-likeness (QED) is 0.505. The second-order valence-electron chi connectivity index (χ2n) is 5.04. The van der Waals surface area contributed by atoms with Crippen molar-refractivity contribution in [3.05, 3.63) is 60.8 Å². The van der Waals surface area contributed by atoms with Gasteiger partial charge in [0.2, 0.25) is 5.12 Å². The first-order chi connectivity index (χ1) is 11.8. The van der Waals surface area contributed by atoms with E-state index in [9.17, 15) is 4.79 Å². The van der Waals surface area contributed by atoms with Crippen molar-refractivity contribution in [3.63, 3.8) is 0 Å². The first kappa shape index (κ1) is 15.1. The minimum absolute atomic E-state index is 0.0176. The van der Waals surface area contributed by atoms with Gasteiger partial charge in [-0.3, -0.25) is 9.78 Å². The standard InChI is InChI=1S/C18H12N2O2S2/c21-16(24-18-20-13-7-1-2-9-15(13)23-18)11-22-14-8-3-5-12-6-4-10-19-17(12)14/h1-10H,11H2. The monoisotopic (exact) mass is 352 g/mol. The van der Waals surface area contributed by atoms with Crippen molar-refractivity contribution in [2.75, 3.05) is 6.61 Å². The Morgan fingerprint density at radius 2 is 1.96 bits per heavy atom. The van der Waals surface area contributed by atoms with E-state index in [0.717, 1.165) is 37.2 Å². The molecule has 0 amide bonds. The summed E-state index contributed by atoms with van der Waals surface area (Å²) in [5.74, 6) is 0.617. The molecule has 118 valence electrons. The van der Waals surface area contributed by atoms with Gasteiger partial charge >= 0.3 is 0 Å². The van der Waals surface area contributed by atoms with Gasteiger partial charge in [-0.05, 0) is 36.0 Å². The van der Waals surface area contributed by atoms with Crippen molar-refractivity contribution >= 4 is 49.3 Å². The van der Waals surface area contributed by atoms with Crippen LogP contribution in [-0.2, 0) is 4.79 Å². The highest BCUT2D eigenvalue weighted by molar-refractivity contribution is 8.15. The number of aromatic nitrogens is 2. The van der Waals surface area contributed by atoms with Crippen LogP contribution in [0.15, 0.2) is 65.1 Å². The molecule has 0 spiro atoms. The van der Waals surface area contributed by atoms with Gasteiger partial charge in [-0.25, -0.2) is 4.98 Å². The first-order valence-electron chi connectivity index (χ1n) is 7.32. The van der Waals surface area contributed by atoms with E-state index < -0.39 is 0 Å². The van der Waals surface area contributed by atoms with Crippen LogP contribution in [0.5, 0.6) is 5.75 Å². The number of hydrogen-bond donors (Lipinski definition) is 0. The Kier molecular flexibility index (Phi) is 4.15. The lowest BCUT2D eigenvalue weighted by atomic mass is 10.2. The second-order valence-corrected chi connectivity index (χ2v) is 7.38. The van der Waals surface area contributed by atoms with E-state index in [0.29, 0.717) is 5.75 Å².